The monoisotopic (exact) mass is 597 g/mol. The van der Waals surface area contributed by atoms with Gasteiger partial charge in [0, 0.05) is 0 Å². The van der Waals surface area contributed by atoms with Gasteiger partial charge < -0.3 is 0 Å². The highest BCUT2D eigenvalue weighted by atomic mass is 14.2. The Hall–Kier alpha value is -0.780. The lowest BCUT2D eigenvalue weighted by atomic mass is 9.87. The van der Waals surface area contributed by atoms with E-state index < -0.39 is 0 Å². The number of hydrogen-bond acceptors (Lipinski definition) is 0. The fourth-order valence-electron chi connectivity index (χ4n) is 7.03. The van der Waals surface area contributed by atoms with Gasteiger partial charge >= 0.3 is 0 Å². The van der Waals surface area contributed by atoms with Crippen LogP contribution in [0.5, 0.6) is 0 Å². The van der Waals surface area contributed by atoms with Crippen molar-refractivity contribution >= 4 is 0 Å². The van der Waals surface area contributed by atoms with Crippen molar-refractivity contribution in [3.05, 3.63) is 34.4 Å². The molecule has 0 N–H and O–H groups in total. The van der Waals surface area contributed by atoms with Crippen LogP contribution < -0.4 is 0 Å². The Bertz CT molecular complexity index is 657. The summed E-state index contributed by atoms with van der Waals surface area (Å²) < 4.78 is 0. The Morgan fingerprint density at radius 1 is 0.279 bits per heavy atom. The second kappa shape index (κ2) is 31.2. The normalized spacial score (nSPS) is 11.5. The van der Waals surface area contributed by atoms with Crippen molar-refractivity contribution in [1.29, 1.82) is 0 Å². The van der Waals surface area contributed by atoms with Gasteiger partial charge in [0.2, 0.25) is 0 Å². The maximum Gasteiger partial charge on any atom is -0.0273 e. The molecule has 0 spiro atoms. The molecule has 0 bridgehead atoms. The molecular weight excluding hydrogens is 516 g/mol. The molecule has 0 aliphatic heterocycles. The van der Waals surface area contributed by atoms with E-state index in [1.807, 2.05) is 0 Å². The zero-order valence-corrected chi connectivity index (χ0v) is 30.5. The predicted molar refractivity (Wildman–Crippen MR) is 198 cm³/mol. The van der Waals surface area contributed by atoms with Crippen LogP contribution in [0.4, 0.5) is 0 Å². The van der Waals surface area contributed by atoms with Crippen LogP contribution in [-0.4, -0.2) is 0 Å². The molecule has 252 valence electrons. The van der Waals surface area contributed by atoms with Crippen LogP contribution in [0.3, 0.4) is 0 Å². The summed E-state index contributed by atoms with van der Waals surface area (Å²) in [5.41, 5.74) is 6.95. The fraction of sp³-hybridized carbons (Fsp3) is 0.860. The maximum atomic E-state index is 2.67. The first-order valence-corrected chi connectivity index (χ1v) is 20.4. The third-order valence-electron chi connectivity index (χ3n) is 9.94. The number of hydrogen-bond donors (Lipinski definition) is 0. The molecule has 0 saturated carbocycles. The highest BCUT2D eigenvalue weighted by Gasteiger charge is 2.12. The minimum Gasteiger partial charge on any atom is -0.0654 e. The SMILES string of the molecule is CCCCCCCCCCCc1cc(CCCC)cc(CCCCCCCCCCC)c1CCCCCCCCCCC. The second-order valence-corrected chi connectivity index (χ2v) is 14.2. The number of rotatable bonds is 33. The minimum absolute atomic E-state index is 1.28. The van der Waals surface area contributed by atoms with Crippen molar-refractivity contribution in [2.75, 3.05) is 0 Å². The third kappa shape index (κ3) is 23.3. The zero-order chi connectivity index (χ0) is 31.1. The molecule has 0 nitrogen and oxygen atoms in total. The number of aryl methyl sites for hydroxylation is 3. The largest absolute Gasteiger partial charge is 0.0654 e. The molecule has 0 amide bonds. The van der Waals surface area contributed by atoms with Gasteiger partial charge in [0.05, 0.1) is 0 Å². The van der Waals surface area contributed by atoms with E-state index in [1.54, 1.807) is 22.3 Å². The zero-order valence-electron chi connectivity index (χ0n) is 30.5. The Morgan fingerprint density at radius 2 is 0.558 bits per heavy atom. The molecule has 0 heteroatoms. The Balaban J connectivity index is 2.71. The summed E-state index contributed by atoms with van der Waals surface area (Å²) in [4.78, 5) is 0. The topological polar surface area (TPSA) is 0 Å². The van der Waals surface area contributed by atoms with Gasteiger partial charge in [-0.3, -0.25) is 0 Å². The first kappa shape index (κ1) is 40.2. The fourth-order valence-corrected chi connectivity index (χ4v) is 7.03. The second-order valence-electron chi connectivity index (χ2n) is 14.2. The van der Waals surface area contributed by atoms with Gasteiger partial charge in [0.25, 0.3) is 0 Å². The smallest absolute Gasteiger partial charge is 0.0273 e. The Morgan fingerprint density at radius 3 is 0.884 bits per heavy atom. The summed E-state index contributed by atoms with van der Waals surface area (Å²) in [6, 6.07) is 5.34. The highest BCUT2D eigenvalue weighted by Crippen LogP contribution is 2.26. The van der Waals surface area contributed by atoms with E-state index in [1.165, 1.54) is 212 Å². The summed E-state index contributed by atoms with van der Waals surface area (Å²) in [6.45, 7) is 9.32. The van der Waals surface area contributed by atoms with Crippen LogP contribution in [0.1, 0.15) is 236 Å². The molecule has 0 saturated heterocycles. The van der Waals surface area contributed by atoms with Gasteiger partial charge in [-0.15, -0.1) is 0 Å². The van der Waals surface area contributed by atoms with Crippen LogP contribution in [0.15, 0.2) is 12.1 Å². The average Bonchev–Trinajstić information content (AvgIpc) is 3.02. The van der Waals surface area contributed by atoms with Crippen LogP contribution >= 0.6 is 0 Å². The molecule has 1 aromatic carbocycles. The summed E-state index contributed by atoms with van der Waals surface area (Å²) in [5.74, 6) is 0. The lowest BCUT2D eigenvalue weighted by Crippen LogP contribution is -2.05. The van der Waals surface area contributed by atoms with E-state index >= 15 is 0 Å². The van der Waals surface area contributed by atoms with Gasteiger partial charge in [-0.1, -0.05) is 200 Å². The van der Waals surface area contributed by atoms with Gasteiger partial charge in [-0.05, 0) is 73.6 Å². The molecular formula is C43H80. The highest BCUT2D eigenvalue weighted by molar-refractivity contribution is 5.40. The van der Waals surface area contributed by atoms with E-state index in [4.69, 9.17) is 0 Å². The molecule has 0 heterocycles. The molecule has 0 atom stereocenters. The number of unbranched alkanes of at least 4 members (excludes halogenated alkanes) is 25. The van der Waals surface area contributed by atoms with E-state index in [0.29, 0.717) is 0 Å². The van der Waals surface area contributed by atoms with Crippen LogP contribution in [0.2, 0.25) is 0 Å². The molecule has 0 unspecified atom stereocenters. The van der Waals surface area contributed by atoms with Crippen molar-refractivity contribution in [2.45, 2.75) is 240 Å². The molecule has 0 aliphatic carbocycles. The van der Waals surface area contributed by atoms with Crippen molar-refractivity contribution < 1.29 is 0 Å². The molecule has 43 heavy (non-hydrogen) atoms. The Kier molecular flexibility index (Phi) is 29.2. The summed E-state index contributed by atoms with van der Waals surface area (Å²) in [5, 5.41) is 0. The van der Waals surface area contributed by atoms with E-state index in [-0.39, 0.29) is 0 Å². The van der Waals surface area contributed by atoms with Gasteiger partial charge in [-0.2, -0.15) is 0 Å². The average molecular weight is 597 g/mol. The standard InChI is InChI=1S/C43H80/c1-5-9-13-16-19-22-25-28-31-35-41-38-40(34-12-8-4)39-42(36-32-29-26-23-20-17-14-10-6-2)43(41)37-33-30-27-24-21-18-15-11-7-3/h38-39H,5-37H2,1-4H3. The van der Waals surface area contributed by atoms with Crippen molar-refractivity contribution in [3.8, 4) is 0 Å². The van der Waals surface area contributed by atoms with Gasteiger partial charge in [-0.25, -0.2) is 0 Å². The minimum atomic E-state index is 1.28. The molecule has 1 rings (SSSR count). The summed E-state index contributed by atoms with van der Waals surface area (Å²) in [6.07, 6.45) is 46.6. The molecule has 0 aliphatic rings. The lowest BCUT2D eigenvalue weighted by Gasteiger charge is -2.18. The van der Waals surface area contributed by atoms with Crippen LogP contribution in [-0.2, 0) is 25.7 Å². The van der Waals surface area contributed by atoms with Crippen LogP contribution in [0, 0.1) is 0 Å². The van der Waals surface area contributed by atoms with E-state index in [0.717, 1.165) is 0 Å². The van der Waals surface area contributed by atoms with Crippen molar-refractivity contribution in [1.82, 2.24) is 0 Å². The molecule has 0 fully saturated rings. The van der Waals surface area contributed by atoms with E-state index in [9.17, 15) is 0 Å². The third-order valence-corrected chi connectivity index (χ3v) is 9.94. The van der Waals surface area contributed by atoms with Crippen molar-refractivity contribution in [2.24, 2.45) is 0 Å². The van der Waals surface area contributed by atoms with Crippen molar-refractivity contribution in [3.63, 3.8) is 0 Å². The molecule has 0 radical (unpaired) electrons. The lowest BCUT2D eigenvalue weighted by molar-refractivity contribution is 0.558. The van der Waals surface area contributed by atoms with E-state index in [2.05, 4.69) is 39.8 Å². The summed E-state index contributed by atoms with van der Waals surface area (Å²) in [7, 11) is 0. The molecule has 1 aromatic rings. The maximum absolute atomic E-state index is 2.67. The van der Waals surface area contributed by atoms with Gasteiger partial charge in [0.15, 0.2) is 0 Å². The van der Waals surface area contributed by atoms with Gasteiger partial charge in [0.1, 0.15) is 0 Å². The number of benzene rings is 1. The summed E-state index contributed by atoms with van der Waals surface area (Å²) >= 11 is 0. The first-order valence-electron chi connectivity index (χ1n) is 20.4. The van der Waals surface area contributed by atoms with Crippen LogP contribution in [0.25, 0.3) is 0 Å². The quantitative estimate of drug-likeness (QED) is 0.0708. The Labute approximate surface area is 273 Å². The predicted octanol–water partition coefficient (Wildman–Crippen LogP) is 15.2. The molecule has 0 aromatic heterocycles. The first-order chi connectivity index (χ1) is 21.3.